The number of rotatable bonds is 0. The molecule has 0 aromatic heterocycles. The van der Waals surface area contributed by atoms with Gasteiger partial charge in [0.25, 0.3) is 0 Å². The summed E-state index contributed by atoms with van der Waals surface area (Å²) in [6, 6.07) is 0. The molecular formula is C8H9N2. The number of nitrogens with one attached hydrogen (secondary N) is 1. The Morgan fingerprint density at radius 2 is 2.30 bits per heavy atom. The molecule has 0 spiro atoms. The molecule has 2 aliphatic heterocycles. The van der Waals surface area contributed by atoms with E-state index < -0.39 is 0 Å². The van der Waals surface area contributed by atoms with Gasteiger partial charge in [0.1, 0.15) is 0 Å². The zero-order chi connectivity index (χ0) is 6.81. The average Bonchev–Trinajstić information content (AvgIpc) is 2.05. The second kappa shape index (κ2) is 2.21. The summed E-state index contributed by atoms with van der Waals surface area (Å²) in [5, 5.41) is 7.53. The maximum absolute atomic E-state index is 4.29. The van der Waals surface area contributed by atoms with Crippen LogP contribution in [0.2, 0.25) is 0 Å². The van der Waals surface area contributed by atoms with E-state index in [0.717, 1.165) is 24.5 Å². The van der Waals surface area contributed by atoms with Crippen LogP contribution in [0.5, 0.6) is 0 Å². The third-order valence-corrected chi connectivity index (χ3v) is 1.61. The van der Waals surface area contributed by atoms with Crippen molar-refractivity contribution in [1.29, 1.82) is 0 Å². The predicted molar refractivity (Wildman–Crippen MR) is 40.3 cm³/mol. The van der Waals surface area contributed by atoms with Gasteiger partial charge in [-0.1, -0.05) is 12.2 Å². The van der Waals surface area contributed by atoms with Crippen LogP contribution < -0.4 is 10.6 Å². The lowest BCUT2D eigenvalue weighted by Crippen LogP contribution is -2.23. The van der Waals surface area contributed by atoms with Crippen molar-refractivity contribution in [2.45, 2.75) is 0 Å². The first kappa shape index (κ1) is 5.59. The number of allylic oxidation sites excluding steroid dienone is 2. The van der Waals surface area contributed by atoms with Crippen molar-refractivity contribution in [3.63, 3.8) is 0 Å². The van der Waals surface area contributed by atoms with E-state index in [4.69, 9.17) is 0 Å². The molecule has 0 atom stereocenters. The first-order valence-electron chi connectivity index (χ1n) is 3.45. The Morgan fingerprint density at radius 1 is 1.30 bits per heavy atom. The zero-order valence-electron chi connectivity index (χ0n) is 5.67. The van der Waals surface area contributed by atoms with Crippen LogP contribution in [0.15, 0.2) is 35.7 Å². The molecule has 0 amide bonds. The predicted octanol–water partition coefficient (Wildman–Crippen LogP) is 0.532. The first-order chi connectivity index (χ1) is 4.97. The Morgan fingerprint density at radius 3 is 3.20 bits per heavy atom. The summed E-state index contributed by atoms with van der Waals surface area (Å²) in [5.41, 5.74) is 2.25. The van der Waals surface area contributed by atoms with Gasteiger partial charge in [0.15, 0.2) is 0 Å². The number of nitrogens with zero attached hydrogens (tertiary/aromatic N) is 1. The topological polar surface area (TPSA) is 26.1 Å². The van der Waals surface area contributed by atoms with Crippen LogP contribution >= 0.6 is 0 Å². The van der Waals surface area contributed by atoms with E-state index in [0.29, 0.717) is 0 Å². The second-order valence-electron chi connectivity index (χ2n) is 2.33. The summed E-state index contributed by atoms with van der Waals surface area (Å²) in [7, 11) is 0. The molecule has 2 rings (SSSR count). The Balaban J connectivity index is 2.32. The minimum Gasteiger partial charge on any atom is -0.380 e. The average molecular weight is 133 g/mol. The summed E-state index contributed by atoms with van der Waals surface area (Å²) < 4.78 is 0. The maximum Gasteiger partial charge on any atom is 0.0806 e. The van der Waals surface area contributed by atoms with Crippen molar-refractivity contribution in [3.05, 3.63) is 35.7 Å². The Kier molecular flexibility index (Phi) is 1.24. The van der Waals surface area contributed by atoms with Gasteiger partial charge in [-0.05, 0) is 12.2 Å². The molecule has 0 saturated carbocycles. The smallest absolute Gasteiger partial charge is 0.0806 e. The fraction of sp³-hybridized carbons (Fsp3) is 0.250. The number of hydrogen-bond acceptors (Lipinski definition) is 1. The van der Waals surface area contributed by atoms with Crippen LogP contribution in [-0.2, 0) is 0 Å². The fourth-order valence-electron chi connectivity index (χ4n) is 1.12. The second-order valence-corrected chi connectivity index (χ2v) is 2.33. The minimum absolute atomic E-state index is 0.824. The maximum atomic E-state index is 4.29. The molecule has 0 saturated heterocycles. The summed E-state index contributed by atoms with van der Waals surface area (Å²) >= 11 is 0. The summed E-state index contributed by atoms with van der Waals surface area (Å²) in [4.78, 5) is 0. The van der Waals surface area contributed by atoms with Crippen LogP contribution in [-0.4, -0.2) is 13.1 Å². The molecule has 2 nitrogen and oxygen atoms in total. The lowest BCUT2D eigenvalue weighted by Gasteiger charge is -2.17. The van der Waals surface area contributed by atoms with Crippen molar-refractivity contribution in [2.24, 2.45) is 0 Å². The van der Waals surface area contributed by atoms with Gasteiger partial charge in [0, 0.05) is 6.54 Å². The van der Waals surface area contributed by atoms with Crippen molar-refractivity contribution in [3.8, 4) is 0 Å². The summed E-state index contributed by atoms with van der Waals surface area (Å²) in [6.45, 7) is 1.75. The van der Waals surface area contributed by atoms with Crippen LogP contribution in [0.3, 0.4) is 0 Å². The molecule has 0 aliphatic carbocycles. The minimum atomic E-state index is 0.824. The molecule has 2 heteroatoms. The van der Waals surface area contributed by atoms with Crippen molar-refractivity contribution in [1.82, 2.24) is 10.6 Å². The van der Waals surface area contributed by atoms with E-state index in [-0.39, 0.29) is 0 Å². The summed E-state index contributed by atoms with van der Waals surface area (Å²) in [5.74, 6) is 0. The van der Waals surface area contributed by atoms with Crippen molar-refractivity contribution >= 4 is 0 Å². The van der Waals surface area contributed by atoms with E-state index in [1.165, 1.54) is 0 Å². The summed E-state index contributed by atoms with van der Waals surface area (Å²) in [6.07, 6.45) is 8.30. The first-order valence-corrected chi connectivity index (χ1v) is 3.45. The molecule has 0 bridgehead atoms. The van der Waals surface area contributed by atoms with Gasteiger partial charge in [-0.2, -0.15) is 0 Å². The van der Waals surface area contributed by atoms with Crippen LogP contribution in [0.4, 0.5) is 0 Å². The Bertz CT molecular complexity index is 199. The highest BCUT2D eigenvalue weighted by Crippen LogP contribution is 2.10. The molecule has 0 fully saturated rings. The van der Waals surface area contributed by atoms with Crippen LogP contribution in [0.25, 0.3) is 0 Å². The molecule has 10 heavy (non-hydrogen) atoms. The monoisotopic (exact) mass is 133 g/mol. The third-order valence-electron chi connectivity index (χ3n) is 1.61. The highest BCUT2D eigenvalue weighted by Gasteiger charge is 2.07. The molecule has 1 N–H and O–H groups in total. The SMILES string of the molecule is C1=CC2=C(C=CCN2)[N]C1. The van der Waals surface area contributed by atoms with Gasteiger partial charge in [-0.25, -0.2) is 0 Å². The van der Waals surface area contributed by atoms with E-state index in [1.54, 1.807) is 0 Å². The Hall–Kier alpha value is -1.18. The molecule has 2 aliphatic rings. The number of hydrogen-bond donors (Lipinski definition) is 1. The van der Waals surface area contributed by atoms with Crippen molar-refractivity contribution < 1.29 is 0 Å². The van der Waals surface area contributed by atoms with Crippen LogP contribution in [0.1, 0.15) is 0 Å². The Labute approximate surface area is 60.3 Å². The van der Waals surface area contributed by atoms with Crippen LogP contribution in [0, 0.1) is 0 Å². The highest BCUT2D eigenvalue weighted by molar-refractivity contribution is 5.36. The quantitative estimate of drug-likeness (QED) is 0.512. The molecule has 2 heterocycles. The van der Waals surface area contributed by atoms with Crippen molar-refractivity contribution in [2.75, 3.05) is 13.1 Å². The van der Waals surface area contributed by atoms with Gasteiger partial charge in [-0.15, -0.1) is 0 Å². The highest BCUT2D eigenvalue weighted by atomic mass is 15.0. The van der Waals surface area contributed by atoms with Gasteiger partial charge in [-0.3, -0.25) is 5.32 Å². The molecule has 51 valence electrons. The van der Waals surface area contributed by atoms with E-state index in [1.807, 2.05) is 0 Å². The zero-order valence-corrected chi connectivity index (χ0v) is 5.67. The van der Waals surface area contributed by atoms with Gasteiger partial charge >= 0.3 is 0 Å². The fourth-order valence-corrected chi connectivity index (χ4v) is 1.12. The molecule has 0 aromatic carbocycles. The standard InChI is InChI=1S/C8H9N2/c1-3-7-8(9-5-1)4-2-6-10-7/h1-4,9H,5-6H2. The van der Waals surface area contributed by atoms with E-state index in [9.17, 15) is 0 Å². The van der Waals surface area contributed by atoms with E-state index >= 15 is 0 Å². The molecular weight excluding hydrogens is 124 g/mol. The van der Waals surface area contributed by atoms with Gasteiger partial charge < -0.3 is 5.32 Å². The lowest BCUT2D eigenvalue weighted by molar-refractivity contribution is 0.802. The molecule has 0 aromatic rings. The van der Waals surface area contributed by atoms with Gasteiger partial charge in [0.05, 0.1) is 17.9 Å². The van der Waals surface area contributed by atoms with Gasteiger partial charge in [0.2, 0.25) is 0 Å². The lowest BCUT2D eigenvalue weighted by atomic mass is 10.2. The molecule has 0 unspecified atom stereocenters. The van der Waals surface area contributed by atoms with E-state index in [2.05, 4.69) is 34.9 Å². The third kappa shape index (κ3) is 0.817. The molecule has 1 radical (unpaired) electrons. The normalized spacial score (nSPS) is 21.6. The number of dihydropyridines is 1. The largest absolute Gasteiger partial charge is 0.380 e.